The van der Waals surface area contributed by atoms with E-state index in [1.54, 1.807) is 0 Å². The third kappa shape index (κ3) is 3.66. The summed E-state index contributed by atoms with van der Waals surface area (Å²) < 4.78 is 1.05. The molecule has 4 N–H and O–H groups in total. The Morgan fingerprint density at radius 3 is 2.52 bits per heavy atom. The Labute approximate surface area is 138 Å². The number of anilines is 1. The molecule has 1 fully saturated rings. The van der Waals surface area contributed by atoms with Gasteiger partial charge in [0, 0.05) is 9.26 Å². The van der Waals surface area contributed by atoms with Gasteiger partial charge in [-0.1, -0.05) is 36.9 Å². The molecule has 0 heterocycles. The number of hydrogen-bond acceptors (Lipinski definition) is 3. The van der Waals surface area contributed by atoms with Crippen molar-refractivity contribution in [2.24, 2.45) is 16.3 Å². The van der Waals surface area contributed by atoms with Crippen molar-refractivity contribution in [1.82, 2.24) is 0 Å². The Morgan fingerprint density at radius 2 is 1.95 bits per heavy atom. The van der Waals surface area contributed by atoms with E-state index in [0.29, 0.717) is 12.8 Å². The lowest BCUT2D eigenvalue weighted by atomic mass is 9.78. The highest BCUT2D eigenvalue weighted by atomic mass is 127. The summed E-state index contributed by atoms with van der Waals surface area (Å²) in [6, 6.07) is 7.59. The van der Waals surface area contributed by atoms with Crippen LogP contribution in [0.3, 0.4) is 0 Å². The van der Waals surface area contributed by atoms with E-state index >= 15 is 0 Å². The quantitative estimate of drug-likeness (QED) is 0.181. The number of hydrogen-bond donors (Lipinski definition) is 3. The van der Waals surface area contributed by atoms with Crippen LogP contribution in [0.5, 0.6) is 0 Å². The zero-order valence-electron chi connectivity index (χ0n) is 11.8. The molecule has 0 aliphatic heterocycles. The van der Waals surface area contributed by atoms with E-state index in [9.17, 15) is 4.79 Å². The molecule has 114 valence electrons. The molecular formula is C15H20IN3O2. The number of oxime groups is 1. The Hall–Kier alpha value is -1.31. The number of amides is 1. The van der Waals surface area contributed by atoms with Crippen molar-refractivity contribution in [2.75, 3.05) is 5.32 Å². The molecule has 1 aromatic carbocycles. The molecule has 5 nitrogen and oxygen atoms in total. The van der Waals surface area contributed by atoms with E-state index in [0.717, 1.165) is 34.9 Å². The maximum atomic E-state index is 12.8. The SMILES string of the molecule is NC(=NO)C1(C(=O)Nc2cccc(I)c2)CCCCCC1. The Kier molecular flexibility index (Phi) is 5.44. The zero-order chi connectivity index (χ0) is 15.3. The Morgan fingerprint density at radius 1 is 1.29 bits per heavy atom. The minimum Gasteiger partial charge on any atom is -0.409 e. The molecule has 1 aromatic rings. The highest BCUT2D eigenvalue weighted by Crippen LogP contribution is 2.36. The summed E-state index contributed by atoms with van der Waals surface area (Å²) in [6.45, 7) is 0. The van der Waals surface area contributed by atoms with Gasteiger partial charge in [-0.25, -0.2) is 0 Å². The summed E-state index contributed by atoms with van der Waals surface area (Å²) in [4.78, 5) is 12.8. The Balaban J connectivity index is 2.26. The molecule has 0 aromatic heterocycles. The fourth-order valence-electron chi connectivity index (χ4n) is 2.84. The van der Waals surface area contributed by atoms with Gasteiger partial charge >= 0.3 is 0 Å². The summed E-state index contributed by atoms with van der Waals surface area (Å²) in [6.07, 6.45) is 5.23. The van der Waals surface area contributed by atoms with E-state index in [1.165, 1.54) is 0 Å². The maximum Gasteiger partial charge on any atom is 0.238 e. The molecule has 6 heteroatoms. The monoisotopic (exact) mass is 401 g/mol. The van der Waals surface area contributed by atoms with Gasteiger partial charge in [0.1, 0.15) is 5.41 Å². The van der Waals surface area contributed by atoms with Crippen LogP contribution in [0.4, 0.5) is 5.69 Å². The van der Waals surface area contributed by atoms with Gasteiger partial charge in [-0.2, -0.15) is 0 Å². The number of halogens is 1. The molecule has 1 aliphatic rings. The van der Waals surface area contributed by atoms with E-state index in [4.69, 9.17) is 10.9 Å². The average Bonchev–Trinajstić information content (AvgIpc) is 2.73. The van der Waals surface area contributed by atoms with Crippen molar-refractivity contribution < 1.29 is 10.0 Å². The van der Waals surface area contributed by atoms with Crippen LogP contribution in [-0.4, -0.2) is 17.0 Å². The molecule has 0 saturated heterocycles. The van der Waals surface area contributed by atoms with Gasteiger partial charge in [0.05, 0.1) is 0 Å². The second-order valence-electron chi connectivity index (χ2n) is 5.45. The predicted octanol–water partition coefficient (Wildman–Crippen LogP) is 3.32. The number of carbonyl (C=O) groups is 1. The minimum atomic E-state index is -0.896. The van der Waals surface area contributed by atoms with Gasteiger partial charge < -0.3 is 16.3 Å². The lowest BCUT2D eigenvalue weighted by molar-refractivity contribution is -0.123. The molecule has 1 amide bonds. The molecule has 0 radical (unpaired) electrons. The van der Waals surface area contributed by atoms with Gasteiger partial charge in [0.25, 0.3) is 0 Å². The summed E-state index contributed by atoms with van der Waals surface area (Å²) in [5.74, 6) is -0.158. The number of nitrogens with two attached hydrogens (primary N) is 1. The summed E-state index contributed by atoms with van der Waals surface area (Å²) in [7, 11) is 0. The summed E-state index contributed by atoms with van der Waals surface area (Å²) in [5, 5.41) is 15.1. The lowest BCUT2D eigenvalue weighted by Crippen LogP contribution is -2.46. The van der Waals surface area contributed by atoms with Crippen LogP contribution >= 0.6 is 22.6 Å². The first kappa shape index (κ1) is 16.1. The molecule has 21 heavy (non-hydrogen) atoms. The highest BCUT2D eigenvalue weighted by Gasteiger charge is 2.43. The number of benzene rings is 1. The van der Waals surface area contributed by atoms with Crippen LogP contribution in [0.1, 0.15) is 38.5 Å². The van der Waals surface area contributed by atoms with E-state index in [2.05, 4.69) is 33.1 Å². The first-order valence-corrected chi connectivity index (χ1v) is 8.21. The highest BCUT2D eigenvalue weighted by molar-refractivity contribution is 14.1. The fourth-order valence-corrected chi connectivity index (χ4v) is 3.39. The van der Waals surface area contributed by atoms with Crippen molar-refractivity contribution in [1.29, 1.82) is 0 Å². The summed E-state index contributed by atoms with van der Waals surface area (Å²) >= 11 is 2.20. The van der Waals surface area contributed by atoms with Gasteiger partial charge in [-0.15, -0.1) is 0 Å². The van der Waals surface area contributed by atoms with E-state index in [1.807, 2.05) is 24.3 Å². The third-order valence-electron chi connectivity index (χ3n) is 4.07. The Bertz CT molecular complexity index is 537. The molecular weight excluding hydrogens is 381 g/mol. The maximum absolute atomic E-state index is 12.8. The van der Waals surface area contributed by atoms with Crippen molar-refractivity contribution in [3.63, 3.8) is 0 Å². The molecule has 0 atom stereocenters. The normalized spacial score (nSPS) is 18.8. The minimum absolute atomic E-state index is 0.0209. The van der Waals surface area contributed by atoms with Crippen LogP contribution in [0.15, 0.2) is 29.4 Å². The van der Waals surface area contributed by atoms with Crippen molar-refractivity contribution >= 4 is 40.0 Å². The number of amidine groups is 1. The van der Waals surface area contributed by atoms with Crippen molar-refractivity contribution in [3.8, 4) is 0 Å². The van der Waals surface area contributed by atoms with Crippen LogP contribution in [-0.2, 0) is 4.79 Å². The second kappa shape index (κ2) is 7.11. The van der Waals surface area contributed by atoms with E-state index in [-0.39, 0.29) is 11.7 Å². The topological polar surface area (TPSA) is 87.7 Å². The predicted molar refractivity (Wildman–Crippen MR) is 91.3 cm³/mol. The van der Waals surface area contributed by atoms with Crippen LogP contribution < -0.4 is 11.1 Å². The number of carbonyl (C=O) groups excluding carboxylic acids is 1. The van der Waals surface area contributed by atoms with Crippen LogP contribution in [0.25, 0.3) is 0 Å². The molecule has 0 unspecified atom stereocenters. The van der Waals surface area contributed by atoms with Gasteiger partial charge in [0.2, 0.25) is 5.91 Å². The largest absolute Gasteiger partial charge is 0.409 e. The van der Waals surface area contributed by atoms with Gasteiger partial charge in [-0.05, 0) is 53.6 Å². The number of nitrogens with zero attached hydrogens (tertiary/aromatic N) is 1. The summed E-state index contributed by atoms with van der Waals surface area (Å²) in [5.41, 5.74) is 5.72. The number of nitrogens with one attached hydrogen (secondary N) is 1. The zero-order valence-corrected chi connectivity index (χ0v) is 14.0. The standard InChI is InChI=1S/C15H20IN3O2/c16-11-6-5-7-12(10-11)18-14(20)15(13(17)19-21)8-3-1-2-4-9-15/h5-7,10,21H,1-4,8-9H2,(H2,17,19)(H,18,20). The molecule has 0 spiro atoms. The fraction of sp³-hybridized carbons (Fsp3) is 0.467. The smallest absolute Gasteiger partial charge is 0.238 e. The lowest BCUT2D eigenvalue weighted by Gasteiger charge is -2.29. The van der Waals surface area contributed by atoms with Crippen molar-refractivity contribution in [3.05, 3.63) is 27.8 Å². The number of rotatable bonds is 3. The van der Waals surface area contributed by atoms with E-state index < -0.39 is 5.41 Å². The molecule has 1 aliphatic carbocycles. The first-order chi connectivity index (χ1) is 10.1. The second-order valence-corrected chi connectivity index (χ2v) is 6.69. The van der Waals surface area contributed by atoms with Crippen LogP contribution in [0, 0.1) is 8.99 Å². The third-order valence-corrected chi connectivity index (χ3v) is 4.74. The average molecular weight is 401 g/mol. The van der Waals surface area contributed by atoms with Crippen molar-refractivity contribution in [2.45, 2.75) is 38.5 Å². The first-order valence-electron chi connectivity index (χ1n) is 7.13. The molecule has 1 saturated carbocycles. The van der Waals surface area contributed by atoms with Gasteiger partial charge in [-0.3, -0.25) is 4.79 Å². The molecule has 2 rings (SSSR count). The molecule has 0 bridgehead atoms. The van der Waals surface area contributed by atoms with Crippen LogP contribution in [0.2, 0.25) is 0 Å². The van der Waals surface area contributed by atoms with Gasteiger partial charge in [0.15, 0.2) is 5.84 Å².